The zero-order valence-electron chi connectivity index (χ0n) is 12.2. The minimum absolute atomic E-state index is 0.182. The number of nitrogens with zero attached hydrogens (tertiary/aromatic N) is 2. The van der Waals surface area contributed by atoms with Crippen LogP contribution in [0.3, 0.4) is 0 Å². The van der Waals surface area contributed by atoms with Crippen molar-refractivity contribution in [1.82, 2.24) is 9.29 Å². The van der Waals surface area contributed by atoms with Crippen LogP contribution in [0.15, 0.2) is 23.2 Å². The van der Waals surface area contributed by atoms with E-state index in [1.54, 1.807) is 12.1 Å². The number of hydrogen-bond acceptors (Lipinski definition) is 5. The molecule has 0 spiro atoms. The van der Waals surface area contributed by atoms with Crippen LogP contribution in [0.4, 0.5) is 5.82 Å². The van der Waals surface area contributed by atoms with Crippen LogP contribution in [0.5, 0.6) is 0 Å². The van der Waals surface area contributed by atoms with Crippen molar-refractivity contribution < 1.29 is 13.5 Å². The zero-order valence-corrected chi connectivity index (χ0v) is 13.0. The van der Waals surface area contributed by atoms with E-state index < -0.39 is 10.0 Å². The van der Waals surface area contributed by atoms with E-state index in [-0.39, 0.29) is 11.5 Å². The fourth-order valence-corrected chi connectivity index (χ4v) is 2.45. The minimum atomic E-state index is -3.42. The first-order valence-electron chi connectivity index (χ1n) is 6.61. The highest BCUT2D eigenvalue weighted by molar-refractivity contribution is 7.89. The molecule has 2 N–H and O–H groups in total. The average molecular weight is 301 g/mol. The second kappa shape index (κ2) is 7.56. The van der Waals surface area contributed by atoms with Crippen LogP contribution in [0.1, 0.15) is 19.8 Å². The summed E-state index contributed by atoms with van der Waals surface area (Å²) >= 11 is 0. The standard InChI is InChI=1S/C13H23N3O3S/c1-11(10-17)5-4-8-14-13-7-6-12(9-15-13)20(18,19)16(2)3/h6-7,9,11,17H,4-5,8,10H2,1-3H3,(H,14,15). The lowest BCUT2D eigenvalue weighted by Crippen LogP contribution is -2.22. The van der Waals surface area contributed by atoms with Gasteiger partial charge in [-0.25, -0.2) is 17.7 Å². The van der Waals surface area contributed by atoms with E-state index in [1.165, 1.54) is 20.3 Å². The average Bonchev–Trinajstić information content (AvgIpc) is 2.43. The fourth-order valence-electron chi connectivity index (χ4n) is 1.61. The maximum Gasteiger partial charge on any atom is 0.244 e. The molecular formula is C13H23N3O3S. The van der Waals surface area contributed by atoms with Crippen molar-refractivity contribution in [3.05, 3.63) is 18.3 Å². The van der Waals surface area contributed by atoms with E-state index in [4.69, 9.17) is 5.11 Å². The van der Waals surface area contributed by atoms with Crippen LogP contribution in [-0.2, 0) is 10.0 Å². The van der Waals surface area contributed by atoms with E-state index in [2.05, 4.69) is 10.3 Å². The molecule has 6 nitrogen and oxygen atoms in total. The van der Waals surface area contributed by atoms with Crippen LogP contribution < -0.4 is 5.32 Å². The molecule has 0 aliphatic carbocycles. The first kappa shape index (κ1) is 16.9. The molecule has 0 saturated carbocycles. The Morgan fingerprint density at radius 3 is 2.60 bits per heavy atom. The molecule has 0 radical (unpaired) electrons. The monoisotopic (exact) mass is 301 g/mol. The molecule has 0 fully saturated rings. The molecule has 0 aromatic carbocycles. The highest BCUT2D eigenvalue weighted by atomic mass is 32.2. The molecule has 0 amide bonds. The second-order valence-corrected chi connectivity index (χ2v) is 7.18. The van der Waals surface area contributed by atoms with Crippen molar-refractivity contribution in [3.8, 4) is 0 Å². The maximum absolute atomic E-state index is 11.9. The third-order valence-corrected chi connectivity index (χ3v) is 4.81. The summed E-state index contributed by atoms with van der Waals surface area (Å²) in [6, 6.07) is 3.20. The summed E-state index contributed by atoms with van der Waals surface area (Å²) in [5.74, 6) is 0.955. The molecule has 0 aliphatic rings. The van der Waals surface area contributed by atoms with Gasteiger partial charge in [-0.05, 0) is 30.9 Å². The van der Waals surface area contributed by atoms with Gasteiger partial charge in [0.25, 0.3) is 0 Å². The molecule has 1 aromatic rings. The predicted molar refractivity (Wildman–Crippen MR) is 79.1 cm³/mol. The van der Waals surface area contributed by atoms with Gasteiger partial charge in [0.05, 0.1) is 0 Å². The lowest BCUT2D eigenvalue weighted by Gasteiger charge is -2.12. The van der Waals surface area contributed by atoms with Crippen LogP contribution >= 0.6 is 0 Å². The second-order valence-electron chi connectivity index (χ2n) is 5.02. The molecule has 20 heavy (non-hydrogen) atoms. The van der Waals surface area contributed by atoms with Crippen molar-refractivity contribution in [3.63, 3.8) is 0 Å². The lowest BCUT2D eigenvalue weighted by atomic mass is 10.1. The number of sulfonamides is 1. The highest BCUT2D eigenvalue weighted by Gasteiger charge is 2.17. The Bertz CT molecular complexity index is 500. The van der Waals surface area contributed by atoms with Gasteiger partial charge < -0.3 is 10.4 Å². The van der Waals surface area contributed by atoms with E-state index in [1.807, 2.05) is 6.92 Å². The highest BCUT2D eigenvalue weighted by Crippen LogP contribution is 2.14. The van der Waals surface area contributed by atoms with Crippen LogP contribution in [0, 0.1) is 5.92 Å². The van der Waals surface area contributed by atoms with Crippen LogP contribution in [0.25, 0.3) is 0 Å². The molecule has 1 aromatic heterocycles. The quantitative estimate of drug-likeness (QED) is 0.704. The molecule has 0 saturated heterocycles. The number of aliphatic hydroxyl groups is 1. The van der Waals surface area contributed by atoms with Gasteiger partial charge in [-0.15, -0.1) is 0 Å². The molecule has 1 atom stereocenters. The first-order valence-corrected chi connectivity index (χ1v) is 8.05. The van der Waals surface area contributed by atoms with E-state index in [9.17, 15) is 8.42 Å². The van der Waals surface area contributed by atoms with Gasteiger partial charge in [0.1, 0.15) is 10.7 Å². The van der Waals surface area contributed by atoms with E-state index >= 15 is 0 Å². The normalized spacial score (nSPS) is 13.4. The van der Waals surface area contributed by atoms with Gasteiger partial charge in [0.15, 0.2) is 0 Å². The smallest absolute Gasteiger partial charge is 0.244 e. The minimum Gasteiger partial charge on any atom is -0.396 e. The maximum atomic E-state index is 11.9. The van der Waals surface area contributed by atoms with E-state index in [0.717, 1.165) is 23.7 Å². The molecule has 1 heterocycles. The summed E-state index contributed by atoms with van der Waals surface area (Å²) in [5.41, 5.74) is 0. The molecule has 7 heteroatoms. The van der Waals surface area contributed by atoms with Gasteiger partial charge in [-0.2, -0.15) is 0 Å². The van der Waals surface area contributed by atoms with Gasteiger partial charge in [-0.3, -0.25) is 0 Å². The molecule has 1 rings (SSSR count). The number of hydrogen-bond donors (Lipinski definition) is 2. The SMILES string of the molecule is CC(CO)CCCNc1ccc(S(=O)(=O)N(C)C)cn1. The lowest BCUT2D eigenvalue weighted by molar-refractivity contribution is 0.229. The first-order chi connectivity index (χ1) is 9.37. The molecule has 0 aliphatic heterocycles. The Labute approximate surface area is 120 Å². The van der Waals surface area contributed by atoms with Crippen molar-refractivity contribution in [2.75, 3.05) is 32.6 Å². The molecule has 1 unspecified atom stereocenters. The Hall–Kier alpha value is -1.18. The topological polar surface area (TPSA) is 82.5 Å². The molecule has 114 valence electrons. The van der Waals surface area contributed by atoms with Gasteiger partial charge in [0.2, 0.25) is 10.0 Å². The third kappa shape index (κ3) is 4.73. The Kier molecular flexibility index (Phi) is 6.38. The number of nitrogens with one attached hydrogen (secondary N) is 1. The summed E-state index contributed by atoms with van der Waals surface area (Å²) in [4.78, 5) is 4.28. The van der Waals surface area contributed by atoms with Crippen LogP contribution in [-0.4, -0.2) is 50.1 Å². The number of aliphatic hydroxyl groups excluding tert-OH is 1. The Balaban J connectivity index is 2.52. The van der Waals surface area contributed by atoms with Crippen molar-refractivity contribution in [1.29, 1.82) is 0 Å². The number of rotatable bonds is 8. The van der Waals surface area contributed by atoms with Crippen molar-refractivity contribution in [2.45, 2.75) is 24.7 Å². The molecule has 0 bridgehead atoms. The van der Waals surface area contributed by atoms with E-state index in [0.29, 0.717) is 11.7 Å². The van der Waals surface area contributed by atoms with Gasteiger partial charge in [0, 0.05) is 33.4 Å². The third-order valence-electron chi connectivity index (χ3n) is 3.01. The Morgan fingerprint density at radius 2 is 2.10 bits per heavy atom. The van der Waals surface area contributed by atoms with Gasteiger partial charge >= 0.3 is 0 Å². The molecular weight excluding hydrogens is 278 g/mol. The summed E-state index contributed by atoms with van der Waals surface area (Å²) in [6.07, 6.45) is 3.23. The summed E-state index contributed by atoms with van der Waals surface area (Å²) in [7, 11) is -0.438. The Morgan fingerprint density at radius 1 is 1.40 bits per heavy atom. The largest absolute Gasteiger partial charge is 0.396 e. The summed E-state index contributed by atoms with van der Waals surface area (Å²) in [6.45, 7) is 2.95. The zero-order chi connectivity index (χ0) is 15.2. The summed E-state index contributed by atoms with van der Waals surface area (Å²) in [5, 5.41) is 12.0. The predicted octanol–water partition coefficient (Wildman–Crippen LogP) is 1.15. The van der Waals surface area contributed by atoms with Crippen molar-refractivity contribution in [2.24, 2.45) is 5.92 Å². The van der Waals surface area contributed by atoms with Gasteiger partial charge in [-0.1, -0.05) is 6.92 Å². The fraction of sp³-hybridized carbons (Fsp3) is 0.615. The number of pyridine rings is 1. The number of aromatic nitrogens is 1. The van der Waals surface area contributed by atoms with Crippen LogP contribution in [0.2, 0.25) is 0 Å². The summed E-state index contributed by atoms with van der Waals surface area (Å²) < 4.78 is 24.9. The van der Waals surface area contributed by atoms with Crippen molar-refractivity contribution >= 4 is 15.8 Å². The number of anilines is 1.